The Labute approximate surface area is 424 Å². The fourth-order valence-corrected chi connectivity index (χ4v) is 17.5. The largest absolute Gasteiger partial charge is 0.488 e. The summed E-state index contributed by atoms with van der Waals surface area (Å²) in [6, 6.07) is 0. The normalized spacial score (nSPS) is 22.5. The maximum atomic E-state index is 15.4. The first-order valence-electron chi connectivity index (χ1n) is 26.5. The van der Waals surface area contributed by atoms with Crippen LogP contribution >= 0.6 is 45.3 Å². The number of hydrogen-bond acceptors (Lipinski definition) is 10. The molecule has 0 saturated heterocycles. The third kappa shape index (κ3) is 9.46. The van der Waals surface area contributed by atoms with E-state index in [4.69, 9.17) is 18.9 Å². The highest BCUT2D eigenvalue weighted by atomic mass is 32.1. The van der Waals surface area contributed by atoms with Gasteiger partial charge in [-0.15, -0.1) is 45.3 Å². The molecule has 4 unspecified atom stereocenters. The molecule has 1 saturated carbocycles. The van der Waals surface area contributed by atoms with Gasteiger partial charge in [0.2, 0.25) is 0 Å². The number of ether oxygens (including phenoxy) is 4. The second-order valence-electron chi connectivity index (χ2n) is 24.8. The molecule has 6 nitrogen and oxygen atoms in total. The maximum absolute atomic E-state index is 15.4. The van der Waals surface area contributed by atoms with E-state index < -0.39 is 0 Å². The number of unbranched alkanes of at least 4 members (excludes halogenated alkanes) is 10. The van der Waals surface area contributed by atoms with E-state index in [0.29, 0.717) is 38.0 Å². The Balaban J connectivity index is 1.12. The predicted molar refractivity (Wildman–Crippen MR) is 287 cm³/mol. The highest BCUT2D eigenvalue weighted by Gasteiger charge is 2.56. The van der Waals surface area contributed by atoms with E-state index in [9.17, 15) is 4.79 Å². The molecule has 5 aliphatic rings. The molecule has 0 aromatic carbocycles. The molecule has 68 heavy (non-hydrogen) atoms. The van der Waals surface area contributed by atoms with Crippen molar-refractivity contribution in [3.63, 3.8) is 0 Å². The zero-order valence-electron chi connectivity index (χ0n) is 43.5. The summed E-state index contributed by atoms with van der Waals surface area (Å²) in [4.78, 5) is 39.7. The third-order valence-electron chi connectivity index (χ3n) is 15.3. The van der Waals surface area contributed by atoms with Crippen LogP contribution in [-0.2, 0) is 23.7 Å². The zero-order chi connectivity index (χ0) is 48.5. The lowest BCUT2D eigenvalue weighted by Crippen LogP contribution is -2.30. The fourth-order valence-electron chi connectivity index (χ4n) is 11.6. The lowest BCUT2D eigenvalue weighted by atomic mass is 9.70. The quantitative estimate of drug-likeness (QED) is 0.104. The molecule has 0 bridgehead atoms. The Kier molecular flexibility index (Phi) is 14.3. The molecular formula is C58H80O6S4. The van der Waals surface area contributed by atoms with Gasteiger partial charge in [-0.1, -0.05) is 147 Å². The molecule has 9 rings (SSSR count). The van der Waals surface area contributed by atoms with E-state index in [0.717, 1.165) is 98.6 Å². The molecule has 0 radical (unpaired) electrons. The van der Waals surface area contributed by atoms with Gasteiger partial charge in [0.25, 0.3) is 0 Å². The third-order valence-corrected chi connectivity index (χ3v) is 21.5. The smallest absolute Gasteiger partial charge is 0.181 e. The predicted octanol–water partition coefficient (Wildman–Crippen LogP) is 17.5. The highest BCUT2D eigenvalue weighted by Crippen LogP contribution is 2.66. The first-order valence-corrected chi connectivity index (χ1v) is 29.8. The van der Waals surface area contributed by atoms with Crippen molar-refractivity contribution in [1.82, 2.24) is 0 Å². The Morgan fingerprint density at radius 1 is 0.456 bits per heavy atom. The second-order valence-corrected chi connectivity index (χ2v) is 28.9. The SMILES string of the molecule is CCCCCCCCc1c(-c2sc(-c3sc(C(C)(C)C)c4c3OCC(C)(C)CO4)c3c2OCC(C)(C)CO3)sc2c1C(=O)C1CC3c4sc(C(C)(C)C)c(CCCCCCCC)c4C(=O)C3CC21. The topological polar surface area (TPSA) is 71.1 Å². The minimum Gasteiger partial charge on any atom is -0.488 e. The van der Waals surface area contributed by atoms with Gasteiger partial charge in [0.1, 0.15) is 0 Å². The molecule has 10 heteroatoms. The fraction of sp³-hybridized carbons (Fsp3) is 0.690. The average molecular weight is 1000 g/mol. The highest BCUT2D eigenvalue weighted by molar-refractivity contribution is 7.27. The number of Topliss-reactive ketones (excluding diaryl/α,β-unsaturated/α-hetero) is 2. The molecular weight excluding hydrogens is 921 g/mol. The average Bonchev–Trinajstić information content (AvgIpc) is 4.08. The van der Waals surface area contributed by atoms with Crippen molar-refractivity contribution in [3.8, 4) is 42.5 Å². The first-order chi connectivity index (χ1) is 32.2. The number of rotatable bonds is 16. The van der Waals surface area contributed by atoms with Crippen LogP contribution in [0.25, 0.3) is 19.5 Å². The van der Waals surface area contributed by atoms with Gasteiger partial charge < -0.3 is 18.9 Å². The van der Waals surface area contributed by atoms with E-state index in [2.05, 4.69) is 83.1 Å². The van der Waals surface area contributed by atoms with Gasteiger partial charge in [0.15, 0.2) is 34.6 Å². The van der Waals surface area contributed by atoms with Crippen LogP contribution in [-0.4, -0.2) is 38.0 Å². The number of hydrogen-bond donors (Lipinski definition) is 0. The molecule has 0 spiro atoms. The molecule has 372 valence electrons. The number of fused-ring (bicyclic) bond motifs is 8. The van der Waals surface area contributed by atoms with Crippen molar-refractivity contribution in [1.29, 1.82) is 0 Å². The summed E-state index contributed by atoms with van der Waals surface area (Å²) >= 11 is 7.25. The van der Waals surface area contributed by atoms with Crippen molar-refractivity contribution >= 4 is 56.9 Å². The van der Waals surface area contributed by atoms with Gasteiger partial charge in [-0.2, -0.15) is 0 Å². The zero-order valence-corrected chi connectivity index (χ0v) is 46.8. The minimum absolute atomic E-state index is 0.0200. The summed E-state index contributed by atoms with van der Waals surface area (Å²) in [5.74, 6) is 4.00. The molecule has 2 aliphatic heterocycles. The van der Waals surface area contributed by atoms with Gasteiger partial charge >= 0.3 is 0 Å². The summed E-state index contributed by atoms with van der Waals surface area (Å²) < 4.78 is 27.4. The van der Waals surface area contributed by atoms with Gasteiger partial charge in [-0.25, -0.2) is 0 Å². The molecule has 1 fully saturated rings. The van der Waals surface area contributed by atoms with Crippen LogP contribution in [0.1, 0.15) is 236 Å². The van der Waals surface area contributed by atoms with Crippen molar-refractivity contribution in [3.05, 3.63) is 41.8 Å². The monoisotopic (exact) mass is 1000 g/mol. The van der Waals surface area contributed by atoms with Gasteiger partial charge in [0.05, 0.1) is 50.8 Å². The Bertz CT molecular complexity index is 2510. The van der Waals surface area contributed by atoms with Crippen LogP contribution in [0.15, 0.2) is 0 Å². The maximum Gasteiger partial charge on any atom is 0.181 e. The number of carbonyl (C=O) groups excluding carboxylic acids is 2. The van der Waals surface area contributed by atoms with Crippen LogP contribution < -0.4 is 18.9 Å². The van der Waals surface area contributed by atoms with Gasteiger partial charge in [-0.05, 0) is 55.1 Å². The molecule has 3 aliphatic carbocycles. The van der Waals surface area contributed by atoms with Crippen molar-refractivity contribution in [2.75, 3.05) is 26.4 Å². The molecule has 4 aromatic heterocycles. The first kappa shape index (κ1) is 50.3. The van der Waals surface area contributed by atoms with Gasteiger partial charge in [0, 0.05) is 65.7 Å². The van der Waals surface area contributed by atoms with Crippen LogP contribution in [0.2, 0.25) is 0 Å². The number of ketones is 2. The summed E-state index contributed by atoms with van der Waals surface area (Å²) in [7, 11) is 0. The van der Waals surface area contributed by atoms with E-state index in [-0.39, 0.29) is 45.3 Å². The van der Waals surface area contributed by atoms with Crippen LogP contribution in [0.4, 0.5) is 0 Å². The number of carbonyl (C=O) groups is 2. The standard InChI is InChI=1S/C58H80O6S4/c1-13-15-17-19-21-23-25-33-39-41(59)35-28-38-36(42(60)40-34(26-24-22-20-18-16-14-2)53(55(3,4)5)67-48(38)40)27-37(35)47(39)65-49(33)50-43-44(62-30-57(9,10)29-61-43)51(66-50)52-45-46(54(68-52)56(6,7)8)64-32-58(11,12)31-63-45/h35-38H,13-32H2,1-12H3. The van der Waals surface area contributed by atoms with Crippen LogP contribution in [0.3, 0.4) is 0 Å². The molecule has 0 amide bonds. The summed E-state index contributed by atoms with van der Waals surface area (Å²) in [5.41, 5.74) is 4.05. The minimum atomic E-state index is -0.199. The van der Waals surface area contributed by atoms with E-state index in [1.54, 1.807) is 22.7 Å². The lowest BCUT2D eigenvalue weighted by molar-refractivity contribution is 0.0789. The molecule has 6 heterocycles. The lowest BCUT2D eigenvalue weighted by Gasteiger charge is -2.33. The number of thiophene rings is 4. The Morgan fingerprint density at radius 3 is 1.35 bits per heavy atom. The van der Waals surface area contributed by atoms with Gasteiger partial charge in [-0.3, -0.25) is 9.59 Å². The van der Waals surface area contributed by atoms with Crippen LogP contribution in [0, 0.1) is 22.7 Å². The summed E-state index contributed by atoms with van der Waals surface area (Å²) in [6.07, 6.45) is 18.0. The van der Waals surface area contributed by atoms with Crippen molar-refractivity contribution in [2.45, 2.75) is 208 Å². The van der Waals surface area contributed by atoms with E-state index in [1.165, 1.54) is 88.4 Å². The molecule has 4 aromatic rings. The second kappa shape index (κ2) is 19.4. The van der Waals surface area contributed by atoms with E-state index >= 15 is 4.79 Å². The Hall–Kier alpha value is -2.66. The van der Waals surface area contributed by atoms with E-state index in [1.807, 2.05) is 22.7 Å². The van der Waals surface area contributed by atoms with Crippen molar-refractivity contribution < 1.29 is 28.5 Å². The molecule has 4 atom stereocenters. The van der Waals surface area contributed by atoms with Crippen LogP contribution in [0.5, 0.6) is 23.0 Å². The van der Waals surface area contributed by atoms with Crippen molar-refractivity contribution in [2.24, 2.45) is 22.7 Å². The Morgan fingerprint density at radius 2 is 0.853 bits per heavy atom. The summed E-state index contributed by atoms with van der Waals surface area (Å²) in [6.45, 7) is 29.3. The summed E-state index contributed by atoms with van der Waals surface area (Å²) in [5, 5.41) is 0. The molecule has 0 N–H and O–H groups in total.